The molecule has 3 N–H and O–H groups in total. The van der Waals surface area contributed by atoms with Crippen molar-refractivity contribution in [2.45, 2.75) is 24.8 Å². The molecule has 1 atom stereocenters. The van der Waals surface area contributed by atoms with Crippen molar-refractivity contribution in [2.75, 3.05) is 51.1 Å². The van der Waals surface area contributed by atoms with Gasteiger partial charge in [0, 0.05) is 24.8 Å². The maximum absolute atomic E-state index is 14.5. The molecular weight excluding hydrogens is 449 g/mol. The number of rotatable bonds is 9. The van der Waals surface area contributed by atoms with Crippen LogP contribution in [0.15, 0.2) is 35.6 Å². The van der Waals surface area contributed by atoms with Gasteiger partial charge in [0.2, 0.25) is 11.8 Å². The number of anilines is 2. The van der Waals surface area contributed by atoms with E-state index in [2.05, 4.69) is 25.8 Å². The van der Waals surface area contributed by atoms with Crippen LogP contribution < -0.4 is 15.4 Å². The fourth-order valence-electron chi connectivity index (χ4n) is 4.10. The first-order valence-corrected chi connectivity index (χ1v) is 10.9. The molecule has 0 aliphatic carbocycles. The summed E-state index contributed by atoms with van der Waals surface area (Å²) in [6.45, 7) is 0.170. The monoisotopic (exact) mass is 476 g/mol. The van der Waals surface area contributed by atoms with E-state index < -0.39 is 18.6 Å². The van der Waals surface area contributed by atoms with Gasteiger partial charge in [-0.05, 0) is 43.7 Å². The normalized spacial score (nSPS) is 18.1. The highest BCUT2D eigenvalue weighted by Gasteiger charge is 2.44. The standard InChI is InChI=1S/C22H27F3N8O/c1-32-10-7-18(22(24,25)13-32)28-21-29-20(34-2)19-15(6-11-33(19)31-21)14-4-5-16(30-26)17(12-14)27-9-3-8-23/h4-6,11-12,18,26-27H,3,7-10,13H2,1-2H3,(H,28,31)/t18-/m1/s1. The van der Waals surface area contributed by atoms with E-state index in [-0.39, 0.29) is 24.8 Å². The van der Waals surface area contributed by atoms with Crippen molar-refractivity contribution in [3.8, 4) is 17.0 Å². The maximum atomic E-state index is 14.5. The van der Waals surface area contributed by atoms with Gasteiger partial charge in [-0.25, -0.2) is 18.8 Å². The zero-order chi connectivity index (χ0) is 24.3. The number of nitrogens with one attached hydrogen (secondary N) is 3. The van der Waals surface area contributed by atoms with Crippen LogP contribution >= 0.6 is 0 Å². The highest BCUT2D eigenvalue weighted by Crippen LogP contribution is 2.36. The van der Waals surface area contributed by atoms with Crippen LogP contribution in [0.25, 0.3) is 16.6 Å². The Morgan fingerprint density at radius 1 is 1.32 bits per heavy atom. The predicted molar refractivity (Wildman–Crippen MR) is 123 cm³/mol. The lowest BCUT2D eigenvalue weighted by molar-refractivity contribution is -0.0675. The lowest BCUT2D eigenvalue weighted by atomic mass is 10.0. The Kier molecular flexibility index (Phi) is 6.87. The number of likely N-dealkylation sites (tertiary alicyclic amines) is 1. The van der Waals surface area contributed by atoms with Gasteiger partial charge in [-0.15, -0.1) is 5.10 Å². The second-order valence-electron chi connectivity index (χ2n) is 8.26. The van der Waals surface area contributed by atoms with Gasteiger partial charge in [-0.1, -0.05) is 6.07 Å². The minimum Gasteiger partial charge on any atom is -0.479 e. The second kappa shape index (κ2) is 9.84. The average Bonchev–Trinajstić information content (AvgIpc) is 3.24. The molecule has 0 bridgehead atoms. The lowest BCUT2D eigenvalue weighted by Gasteiger charge is -2.36. The molecule has 1 fully saturated rings. The number of ether oxygens (including phenoxy) is 1. The summed E-state index contributed by atoms with van der Waals surface area (Å²) >= 11 is 0. The van der Waals surface area contributed by atoms with E-state index in [1.54, 1.807) is 30.3 Å². The molecule has 182 valence electrons. The summed E-state index contributed by atoms with van der Waals surface area (Å²) in [7, 11) is 3.13. The van der Waals surface area contributed by atoms with E-state index in [0.717, 1.165) is 11.1 Å². The summed E-state index contributed by atoms with van der Waals surface area (Å²) in [6.07, 6.45) is 2.30. The average molecular weight is 477 g/mol. The first-order chi connectivity index (χ1) is 16.4. The van der Waals surface area contributed by atoms with E-state index in [9.17, 15) is 13.2 Å². The highest BCUT2D eigenvalue weighted by atomic mass is 19.3. The zero-order valence-corrected chi connectivity index (χ0v) is 19.0. The Bertz CT molecular complexity index is 1170. The van der Waals surface area contributed by atoms with Crippen LogP contribution in [-0.2, 0) is 0 Å². The number of alkyl halides is 3. The topological polar surface area (TPSA) is 103 Å². The smallest absolute Gasteiger partial charge is 0.280 e. The van der Waals surface area contributed by atoms with Crippen molar-refractivity contribution < 1.29 is 17.9 Å². The largest absolute Gasteiger partial charge is 0.479 e. The molecule has 3 aromatic rings. The van der Waals surface area contributed by atoms with Crippen molar-refractivity contribution in [2.24, 2.45) is 5.11 Å². The first-order valence-electron chi connectivity index (χ1n) is 10.9. The maximum Gasteiger partial charge on any atom is 0.280 e. The zero-order valence-electron chi connectivity index (χ0n) is 19.0. The summed E-state index contributed by atoms with van der Waals surface area (Å²) in [5, 5.41) is 13.8. The number of nitrogens with zero attached hydrogens (tertiary/aromatic N) is 5. The molecule has 0 spiro atoms. The Morgan fingerprint density at radius 2 is 2.15 bits per heavy atom. The van der Waals surface area contributed by atoms with E-state index in [4.69, 9.17) is 10.3 Å². The third kappa shape index (κ3) is 4.76. The molecule has 0 unspecified atom stereocenters. The molecule has 9 nitrogen and oxygen atoms in total. The molecule has 12 heteroatoms. The fraction of sp³-hybridized carbons (Fsp3) is 0.455. The quantitative estimate of drug-likeness (QED) is 0.308. The molecule has 1 saturated heterocycles. The Hall–Kier alpha value is -3.41. The molecule has 0 saturated carbocycles. The van der Waals surface area contributed by atoms with Crippen molar-refractivity contribution >= 4 is 22.8 Å². The summed E-state index contributed by atoms with van der Waals surface area (Å²) < 4.78 is 48.5. The van der Waals surface area contributed by atoms with Gasteiger partial charge >= 0.3 is 0 Å². The summed E-state index contributed by atoms with van der Waals surface area (Å²) in [6, 6.07) is 6.03. The van der Waals surface area contributed by atoms with Crippen LogP contribution in [0.5, 0.6) is 5.88 Å². The van der Waals surface area contributed by atoms with Crippen LogP contribution in [-0.4, -0.2) is 71.9 Å². The number of piperidine rings is 1. The predicted octanol–water partition coefficient (Wildman–Crippen LogP) is 4.59. The van der Waals surface area contributed by atoms with Gasteiger partial charge in [-0.2, -0.15) is 10.1 Å². The third-order valence-electron chi connectivity index (χ3n) is 5.82. The van der Waals surface area contributed by atoms with Crippen molar-refractivity contribution in [1.29, 1.82) is 5.53 Å². The molecule has 0 radical (unpaired) electrons. The molecule has 2 aromatic heterocycles. The van der Waals surface area contributed by atoms with Crippen LogP contribution in [0.2, 0.25) is 0 Å². The van der Waals surface area contributed by atoms with Gasteiger partial charge in [-0.3, -0.25) is 4.39 Å². The number of halogens is 3. The number of hydrogen-bond acceptors (Lipinski definition) is 8. The van der Waals surface area contributed by atoms with Crippen LogP contribution in [0.3, 0.4) is 0 Å². The van der Waals surface area contributed by atoms with Gasteiger partial charge in [0.15, 0.2) is 0 Å². The van der Waals surface area contributed by atoms with Crippen molar-refractivity contribution in [3.63, 3.8) is 0 Å². The molecule has 1 aliphatic rings. The van der Waals surface area contributed by atoms with Gasteiger partial charge in [0.1, 0.15) is 11.2 Å². The molecule has 0 amide bonds. The van der Waals surface area contributed by atoms with E-state index in [1.807, 2.05) is 12.1 Å². The molecule has 4 rings (SSSR count). The third-order valence-corrected chi connectivity index (χ3v) is 5.82. The van der Waals surface area contributed by atoms with Crippen LogP contribution in [0.1, 0.15) is 12.8 Å². The van der Waals surface area contributed by atoms with Crippen LogP contribution in [0.4, 0.5) is 30.5 Å². The van der Waals surface area contributed by atoms with Gasteiger partial charge in [0.05, 0.1) is 32.1 Å². The first kappa shape index (κ1) is 23.7. The number of hydrogen-bond donors (Lipinski definition) is 3. The number of benzene rings is 1. The Morgan fingerprint density at radius 3 is 2.85 bits per heavy atom. The van der Waals surface area contributed by atoms with Gasteiger partial charge in [0.25, 0.3) is 5.92 Å². The summed E-state index contributed by atoms with van der Waals surface area (Å²) in [5.41, 5.74) is 10.5. The number of aromatic nitrogens is 3. The molecular formula is C22H27F3N8O. The van der Waals surface area contributed by atoms with Gasteiger partial charge < -0.3 is 20.3 Å². The van der Waals surface area contributed by atoms with Crippen LogP contribution in [0, 0.1) is 5.53 Å². The SMILES string of the molecule is COc1nc(N[C@@H]2CCN(C)CC2(F)F)nn2ccc(-c3ccc(N=N)c(NCCCF)c3)c12. The minimum absolute atomic E-state index is 0.0534. The summed E-state index contributed by atoms with van der Waals surface area (Å²) in [4.78, 5) is 5.95. The second-order valence-corrected chi connectivity index (χ2v) is 8.26. The number of fused-ring (bicyclic) bond motifs is 1. The van der Waals surface area contributed by atoms with Crippen molar-refractivity contribution in [1.82, 2.24) is 19.5 Å². The fourth-order valence-corrected chi connectivity index (χ4v) is 4.10. The Labute approximate surface area is 194 Å². The molecule has 34 heavy (non-hydrogen) atoms. The number of methoxy groups -OCH3 is 1. The van der Waals surface area contributed by atoms with Crippen molar-refractivity contribution in [3.05, 3.63) is 30.5 Å². The molecule has 3 heterocycles. The van der Waals surface area contributed by atoms with E-state index in [0.29, 0.717) is 36.4 Å². The lowest BCUT2D eigenvalue weighted by Crippen LogP contribution is -2.53. The highest BCUT2D eigenvalue weighted by molar-refractivity contribution is 5.87. The molecule has 1 aliphatic heterocycles. The minimum atomic E-state index is -2.92. The van der Waals surface area contributed by atoms with E-state index >= 15 is 0 Å². The van der Waals surface area contributed by atoms with E-state index in [1.165, 1.54) is 11.6 Å². The summed E-state index contributed by atoms with van der Waals surface area (Å²) in [5.74, 6) is -2.64. The molecule has 1 aromatic carbocycles. The Balaban J connectivity index is 1.67.